The van der Waals surface area contributed by atoms with Gasteiger partial charge < -0.3 is 5.32 Å². The summed E-state index contributed by atoms with van der Waals surface area (Å²) in [6.07, 6.45) is -3.40. The molecule has 3 heterocycles. The molecule has 1 amide bonds. The number of hydrogen-bond acceptors (Lipinski definition) is 5. The molecule has 0 radical (unpaired) electrons. The van der Waals surface area contributed by atoms with Crippen molar-refractivity contribution in [2.75, 3.05) is 0 Å². The lowest BCUT2D eigenvalue weighted by molar-refractivity contribution is -0.136. The van der Waals surface area contributed by atoms with Gasteiger partial charge in [0.25, 0.3) is 0 Å². The maximum atomic E-state index is 13.1. The summed E-state index contributed by atoms with van der Waals surface area (Å²) in [5.41, 5.74) is -0.801. The van der Waals surface area contributed by atoms with Crippen molar-refractivity contribution in [1.82, 2.24) is 19.9 Å². The van der Waals surface area contributed by atoms with Gasteiger partial charge in [-0.2, -0.15) is 13.2 Å². The predicted molar refractivity (Wildman–Crippen MR) is 102 cm³/mol. The maximum Gasteiger partial charge on any atom is 0.420 e. The number of carbonyl (C=O) groups is 2. The van der Waals surface area contributed by atoms with Gasteiger partial charge >= 0.3 is 6.18 Å². The van der Waals surface area contributed by atoms with Crippen molar-refractivity contribution in [3.63, 3.8) is 0 Å². The molecule has 3 aromatic heterocycles. The molecule has 0 saturated heterocycles. The van der Waals surface area contributed by atoms with Crippen molar-refractivity contribution in [3.05, 3.63) is 50.1 Å². The van der Waals surface area contributed by atoms with E-state index < -0.39 is 23.3 Å². The number of aromatic nitrogens is 3. The molecule has 11 heteroatoms. The number of carbonyl (C=O) groups excluding carboxylic acids is 2. The highest BCUT2D eigenvalue weighted by molar-refractivity contribution is 7.12. The van der Waals surface area contributed by atoms with E-state index in [-0.39, 0.29) is 36.0 Å². The lowest BCUT2D eigenvalue weighted by Crippen LogP contribution is -2.24. The van der Waals surface area contributed by atoms with Gasteiger partial charge in [0, 0.05) is 34.4 Å². The predicted octanol–water partition coefficient (Wildman–Crippen LogP) is 4.36. The molecular formula is C18H16ClF3N4O2S. The summed E-state index contributed by atoms with van der Waals surface area (Å²) in [7, 11) is 0. The van der Waals surface area contributed by atoms with Crippen LogP contribution in [0.4, 0.5) is 13.2 Å². The Labute approximate surface area is 172 Å². The maximum absolute atomic E-state index is 13.1. The summed E-state index contributed by atoms with van der Waals surface area (Å²) in [5, 5.41) is 9.68. The zero-order chi connectivity index (χ0) is 21.3. The molecule has 0 atom stereocenters. The summed E-state index contributed by atoms with van der Waals surface area (Å²) in [4.78, 5) is 26.2. The molecule has 0 aliphatic carbocycles. The van der Waals surface area contributed by atoms with Crippen LogP contribution in [-0.2, 0) is 17.5 Å². The van der Waals surface area contributed by atoms with Gasteiger partial charge in [-0.05, 0) is 26.0 Å². The molecule has 3 rings (SSSR count). The second-order valence-corrected chi connectivity index (χ2v) is 8.30. The molecule has 6 nitrogen and oxygen atoms in total. The van der Waals surface area contributed by atoms with Crippen LogP contribution in [0.3, 0.4) is 0 Å². The van der Waals surface area contributed by atoms with Gasteiger partial charge in [0.05, 0.1) is 11.6 Å². The average molecular weight is 445 g/mol. The third-order valence-electron chi connectivity index (χ3n) is 4.21. The third-order valence-corrected chi connectivity index (χ3v) is 5.38. The van der Waals surface area contributed by atoms with E-state index in [4.69, 9.17) is 11.6 Å². The quantitative estimate of drug-likeness (QED) is 0.573. The third kappa shape index (κ3) is 4.76. The van der Waals surface area contributed by atoms with Crippen molar-refractivity contribution >= 4 is 40.3 Å². The van der Waals surface area contributed by atoms with E-state index in [0.717, 1.165) is 20.2 Å². The Bertz CT molecular complexity index is 1090. The van der Waals surface area contributed by atoms with E-state index >= 15 is 0 Å². The van der Waals surface area contributed by atoms with Crippen LogP contribution in [0.2, 0.25) is 5.02 Å². The number of ketones is 1. The summed E-state index contributed by atoms with van der Waals surface area (Å²) in [5.74, 6) is -0.453. The highest BCUT2D eigenvalue weighted by atomic mass is 35.5. The number of thiophene rings is 1. The van der Waals surface area contributed by atoms with E-state index in [1.54, 1.807) is 6.07 Å². The summed E-state index contributed by atoms with van der Waals surface area (Å²) in [6.45, 7) is 3.60. The number of fused-ring (bicyclic) bond motifs is 1. The van der Waals surface area contributed by atoms with Gasteiger partial charge in [0.15, 0.2) is 17.3 Å². The van der Waals surface area contributed by atoms with Crippen molar-refractivity contribution in [1.29, 1.82) is 0 Å². The molecule has 0 fully saturated rings. The first kappa shape index (κ1) is 21.3. The molecule has 0 bridgehead atoms. The molecule has 0 aliphatic rings. The van der Waals surface area contributed by atoms with Crippen LogP contribution in [0.15, 0.2) is 18.3 Å². The van der Waals surface area contributed by atoms with Crippen molar-refractivity contribution in [3.8, 4) is 0 Å². The summed E-state index contributed by atoms with van der Waals surface area (Å²) < 4.78 is 40.5. The number of Topliss-reactive ketones (excluding diaryl/α,β-unsaturated/α-hetero) is 1. The Hall–Kier alpha value is -2.46. The van der Waals surface area contributed by atoms with E-state index in [1.807, 2.05) is 13.8 Å². The van der Waals surface area contributed by atoms with Crippen molar-refractivity contribution in [2.45, 2.75) is 39.4 Å². The van der Waals surface area contributed by atoms with Crippen LogP contribution in [0.25, 0.3) is 5.65 Å². The first-order valence-corrected chi connectivity index (χ1v) is 9.73. The fourth-order valence-electron chi connectivity index (χ4n) is 2.87. The van der Waals surface area contributed by atoms with Gasteiger partial charge in [-0.3, -0.25) is 14.0 Å². The van der Waals surface area contributed by atoms with Crippen molar-refractivity contribution < 1.29 is 22.8 Å². The van der Waals surface area contributed by atoms with E-state index in [0.29, 0.717) is 5.56 Å². The summed E-state index contributed by atoms with van der Waals surface area (Å²) >= 11 is 7.29. The SMILES string of the molecule is Cc1cc(C(=O)CCC(=O)NCc2nnc3c(C(F)(F)F)cc(Cl)cn23)c(C)s1. The summed E-state index contributed by atoms with van der Waals surface area (Å²) in [6, 6.07) is 2.57. The van der Waals surface area contributed by atoms with Gasteiger partial charge in [0.1, 0.15) is 5.56 Å². The van der Waals surface area contributed by atoms with E-state index in [2.05, 4.69) is 15.5 Å². The second kappa shape index (κ2) is 8.11. The van der Waals surface area contributed by atoms with Crippen LogP contribution in [0.1, 0.15) is 44.3 Å². The van der Waals surface area contributed by atoms with Crippen LogP contribution < -0.4 is 5.32 Å². The highest BCUT2D eigenvalue weighted by Crippen LogP contribution is 2.33. The average Bonchev–Trinajstić information content (AvgIpc) is 3.18. The van der Waals surface area contributed by atoms with Crippen LogP contribution in [0.5, 0.6) is 0 Å². The number of nitrogens with one attached hydrogen (secondary N) is 1. The van der Waals surface area contributed by atoms with Crippen molar-refractivity contribution in [2.24, 2.45) is 0 Å². The van der Waals surface area contributed by atoms with Crippen LogP contribution >= 0.6 is 22.9 Å². The molecule has 0 saturated carbocycles. The minimum Gasteiger partial charge on any atom is -0.349 e. The molecule has 154 valence electrons. The molecule has 0 aromatic carbocycles. The second-order valence-electron chi connectivity index (χ2n) is 6.41. The normalized spacial score (nSPS) is 11.8. The Morgan fingerprint density at radius 3 is 2.55 bits per heavy atom. The monoisotopic (exact) mass is 444 g/mol. The number of rotatable bonds is 6. The first-order chi connectivity index (χ1) is 13.6. The Morgan fingerprint density at radius 1 is 1.21 bits per heavy atom. The van der Waals surface area contributed by atoms with Crippen LogP contribution in [0, 0.1) is 13.8 Å². The van der Waals surface area contributed by atoms with E-state index in [9.17, 15) is 22.8 Å². The van der Waals surface area contributed by atoms with Gasteiger partial charge in [-0.25, -0.2) is 0 Å². The molecule has 3 aromatic rings. The van der Waals surface area contributed by atoms with Gasteiger partial charge in [-0.1, -0.05) is 11.6 Å². The highest BCUT2D eigenvalue weighted by Gasteiger charge is 2.35. The molecule has 0 spiro atoms. The molecule has 0 unspecified atom stereocenters. The smallest absolute Gasteiger partial charge is 0.349 e. The Kier molecular flexibility index (Phi) is 5.95. The van der Waals surface area contributed by atoms with Gasteiger partial charge in [-0.15, -0.1) is 21.5 Å². The number of nitrogens with zero attached hydrogens (tertiary/aromatic N) is 3. The number of amides is 1. The zero-order valence-electron chi connectivity index (χ0n) is 15.4. The standard InChI is InChI=1S/C18H16ClF3N4O2S/c1-9-5-12(10(2)29-9)14(27)3-4-16(28)23-7-15-24-25-17-13(18(20,21)22)6-11(19)8-26(15)17/h5-6,8H,3-4,7H2,1-2H3,(H,23,28). The number of halogens is 4. The largest absolute Gasteiger partial charge is 0.420 e. The fourth-order valence-corrected chi connectivity index (χ4v) is 4.02. The lowest BCUT2D eigenvalue weighted by Gasteiger charge is -2.09. The molecule has 29 heavy (non-hydrogen) atoms. The van der Waals surface area contributed by atoms with E-state index in [1.165, 1.54) is 17.5 Å². The fraction of sp³-hybridized carbons (Fsp3) is 0.333. The number of hydrogen-bond donors (Lipinski definition) is 1. The van der Waals surface area contributed by atoms with Gasteiger partial charge in [0.2, 0.25) is 5.91 Å². The molecule has 0 aliphatic heterocycles. The number of pyridine rings is 1. The minimum atomic E-state index is -4.64. The topological polar surface area (TPSA) is 76.4 Å². The van der Waals surface area contributed by atoms with Crippen LogP contribution in [-0.4, -0.2) is 26.3 Å². The Morgan fingerprint density at radius 2 is 1.93 bits per heavy atom. The number of aryl methyl sites for hydroxylation is 2. The number of alkyl halides is 3. The molecule has 1 N–H and O–H groups in total. The zero-order valence-corrected chi connectivity index (χ0v) is 17.0. The Balaban J connectivity index is 1.65. The first-order valence-electron chi connectivity index (χ1n) is 8.53. The minimum absolute atomic E-state index is 0.0352. The lowest BCUT2D eigenvalue weighted by atomic mass is 10.1. The molecular weight excluding hydrogens is 429 g/mol.